The van der Waals surface area contributed by atoms with E-state index >= 15 is 0 Å². The molecule has 1 aromatic heterocycles. The van der Waals surface area contributed by atoms with E-state index < -0.39 is 0 Å². The van der Waals surface area contributed by atoms with Crippen LogP contribution in [0.15, 0.2) is 28.7 Å². The smallest absolute Gasteiger partial charge is 0.146 e. The van der Waals surface area contributed by atoms with Crippen LogP contribution in [0.3, 0.4) is 0 Å². The molecule has 21 heavy (non-hydrogen) atoms. The fourth-order valence-electron chi connectivity index (χ4n) is 2.30. The number of rotatable bonds is 6. The van der Waals surface area contributed by atoms with Crippen LogP contribution >= 0.6 is 0 Å². The zero-order valence-corrected chi connectivity index (χ0v) is 13.6. The van der Waals surface area contributed by atoms with Gasteiger partial charge in [0.1, 0.15) is 23.9 Å². The lowest BCUT2D eigenvalue weighted by Crippen LogP contribution is -2.21. The number of nitrogens with one attached hydrogen (secondary N) is 1. The maximum Gasteiger partial charge on any atom is 0.146 e. The van der Waals surface area contributed by atoms with Crippen molar-refractivity contribution in [2.24, 2.45) is 0 Å². The summed E-state index contributed by atoms with van der Waals surface area (Å²) in [4.78, 5) is 0. The van der Waals surface area contributed by atoms with Gasteiger partial charge in [0, 0.05) is 6.04 Å². The summed E-state index contributed by atoms with van der Waals surface area (Å²) >= 11 is 0. The summed E-state index contributed by atoms with van der Waals surface area (Å²) < 4.78 is 11.7. The van der Waals surface area contributed by atoms with E-state index in [0.29, 0.717) is 12.6 Å². The summed E-state index contributed by atoms with van der Waals surface area (Å²) in [5, 5.41) is 3.37. The van der Waals surface area contributed by atoms with Crippen LogP contribution in [0.5, 0.6) is 5.75 Å². The quantitative estimate of drug-likeness (QED) is 0.861. The molecular weight excluding hydrogens is 262 g/mol. The molecule has 1 aromatic carbocycles. The third kappa shape index (κ3) is 4.64. The monoisotopic (exact) mass is 287 g/mol. The molecular formula is C18H25NO2. The zero-order valence-electron chi connectivity index (χ0n) is 13.6. The molecule has 0 atom stereocenters. The molecule has 0 unspecified atom stereocenters. The topological polar surface area (TPSA) is 34.4 Å². The van der Waals surface area contributed by atoms with Crippen LogP contribution in [-0.2, 0) is 13.2 Å². The molecule has 0 spiro atoms. The van der Waals surface area contributed by atoms with Gasteiger partial charge >= 0.3 is 0 Å². The molecule has 3 heteroatoms. The lowest BCUT2D eigenvalue weighted by atomic mass is 10.1. The second-order valence-corrected chi connectivity index (χ2v) is 5.97. The molecule has 0 amide bonds. The summed E-state index contributed by atoms with van der Waals surface area (Å²) in [6.07, 6.45) is 0. The van der Waals surface area contributed by atoms with Crippen molar-refractivity contribution in [2.45, 2.75) is 53.8 Å². The Labute approximate surface area is 127 Å². The predicted octanol–water partition coefficient (Wildman–Crippen LogP) is 4.28. The van der Waals surface area contributed by atoms with Gasteiger partial charge in [0.05, 0.1) is 6.54 Å². The molecule has 0 aliphatic carbocycles. The van der Waals surface area contributed by atoms with E-state index in [9.17, 15) is 0 Å². The van der Waals surface area contributed by atoms with E-state index in [1.54, 1.807) is 0 Å². The van der Waals surface area contributed by atoms with Crippen molar-refractivity contribution in [1.82, 2.24) is 5.32 Å². The van der Waals surface area contributed by atoms with Gasteiger partial charge in [-0.25, -0.2) is 0 Å². The van der Waals surface area contributed by atoms with Crippen molar-refractivity contribution in [1.29, 1.82) is 0 Å². The first-order chi connectivity index (χ1) is 9.94. The number of aryl methyl sites for hydroxylation is 3. The van der Waals surface area contributed by atoms with E-state index in [1.807, 2.05) is 12.1 Å². The molecule has 3 nitrogen and oxygen atoms in total. The molecule has 0 saturated heterocycles. The highest BCUT2D eigenvalue weighted by atomic mass is 16.5. The predicted molar refractivity (Wildman–Crippen MR) is 85.7 cm³/mol. The highest BCUT2D eigenvalue weighted by molar-refractivity contribution is 5.33. The van der Waals surface area contributed by atoms with Crippen LogP contribution in [0.1, 0.15) is 42.1 Å². The van der Waals surface area contributed by atoms with Gasteiger partial charge in [-0.1, -0.05) is 19.9 Å². The Morgan fingerprint density at radius 3 is 2.33 bits per heavy atom. The summed E-state index contributed by atoms with van der Waals surface area (Å²) in [6, 6.07) is 8.73. The minimum absolute atomic E-state index is 0.449. The molecule has 0 saturated carbocycles. The van der Waals surface area contributed by atoms with Crippen molar-refractivity contribution in [3.63, 3.8) is 0 Å². The molecule has 0 fully saturated rings. The average Bonchev–Trinajstić information content (AvgIpc) is 2.73. The molecule has 0 bridgehead atoms. The SMILES string of the molecule is Cc1cc(C)cc(OCc2cc(C)c(CNC(C)C)o2)c1. The van der Waals surface area contributed by atoms with Crippen LogP contribution in [-0.4, -0.2) is 6.04 Å². The molecule has 0 radical (unpaired) electrons. The second kappa shape index (κ2) is 6.81. The molecule has 2 aromatic rings. The average molecular weight is 287 g/mol. The van der Waals surface area contributed by atoms with Crippen molar-refractivity contribution in [3.8, 4) is 5.75 Å². The maximum atomic E-state index is 5.86. The largest absolute Gasteiger partial charge is 0.486 e. The standard InChI is InChI=1S/C18H25NO2/c1-12(2)19-10-18-15(5)9-17(21-18)11-20-16-7-13(3)6-14(4)8-16/h6-9,12,19H,10-11H2,1-5H3. The third-order valence-electron chi connectivity index (χ3n) is 3.32. The first kappa shape index (κ1) is 15.6. The van der Waals surface area contributed by atoms with Crippen LogP contribution < -0.4 is 10.1 Å². The number of benzene rings is 1. The molecule has 2 rings (SSSR count). The Balaban J connectivity index is 1.98. The summed E-state index contributed by atoms with van der Waals surface area (Å²) in [5.74, 6) is 2.75. The van der Waals surface area contributed by atoms with E-state index in [2.05, 4.69) is 52.1 Å². The Hall–Kier alpha value is -1.74. The first-order valence-corrected chi connectivity index (χ1v) is 7.46. The number of hydrogen-bond acceptors (Lipinski definition) is 3. The van der Waals surface area contributed by atoms with Gasteiger partial charge in [0.2, 0.25) is 0 Å². The van der Waals surface area contributed by atoms with Crippen molar-refractivity contribution in [3.05, 3.63) is 52.5 Å². The third-order valence-corrected chi connectivity index (χ3v) is 3.32. The van der Waals surface area contributed by atoms with Gasteiger partial charge in [0.15, 0.2) is 0 Å². The first-order valence-electron chi connectivity index (χ1n) is 7.46. The van der Waals surface area contributed by atoms with E-state index in [4.69, 9.17) is 9.15 Å². The second-order valence-electron chi connectivity index (χ2n) is 5.97. The molecule has 114 valence electrons. The molecule has 1 heterocycles. The van der Waals surface area contributed by atoms with Crippen molar-refractivity contribution < 1.29 is 9.15 Å². The van der Waals surface area contributed by atoms with Crippen LogP contribution in [0.25, 0.3) is 0 Å². The number of ether oxygens (including phenoxy) is 1. The Kier molecular flexibility index (Phi) is 5.07. The Morgan fingerprint density at radius 1 is 1.05 bits per heavy atom. The van der Waals surface area contributed by atoms with E-state index in [-0.39, 0.29) is 0 Å². The van der Waals surface area contributed by atoms with Crippen molar-refractivity contribution >= 4 is 0 Å². The maximum absolute atomic E-state index is 5.86. The number of hydrogen-bond donors (Lipinski definition) is 1. The Morgan fingerprint density at radius 2 is 1.71 bits per heavy atom. The lowest BCUT2D eigenvalue weighted by Gasteiger charge is -2.07. The van der Waals surface area contributed by atoms with Gasteiger partial charge in [0.25, 0.3) is 0 Å². The summed E-state index contributed by atoms with van der Waals surface area (Å²) in [5.41, 5.74) is 3.59. The number of furan rings is 1. The van der Waals surface area contributed by atoms with Gasteiger partial charge in [-0.3, -0.25) is 0 Å². The fraction of sp³-hybridized carbons (Fsp3) is 0.444. The fourth-order valence-corrected chi connectivity index (χ4v) is 2.30. The van der Waals surface area contributed by atoms with Gasteiger partial charge in [-0.05, 0) is 55.7 Å². The van der Waals surface area contributed by atoms with E-state index in [1.165, 1.54) is 16.7 Å². The van der Waals surface area contributed by atoms with Crippen molar-refractivity contribution in [2.75, 3.05) is 0 Å². The summed E-state index contributed by atoms with van der Waals surface area (Å²) in [6.45, 7) is 11.7. The van der Waals surface area contributed by atoms with Crippen LogP contribution in [0, 0.1) is 20.8 Å². The highest BCUT2D eigenvalue weighted by Gasteiger charge is 2.09. The van der Waals surface area contributed by atoms with Crippen LogP contribution in [0.2, 0.25) is 0 Å². The minimum Gasteiger partial charge on any atom is -0.486 e. The van der Waals surface area contributed by atoms with Gasteiger partial charge in [-0.15, -0.1) is 0 Å². The van der Waals surface area contributed by atoms with Gasteiger partial charge in [-0.2, -0.15) is 0 Å². The zero-order chi connectivity index (χ0) is 15.4. The molecule has 1 N–H and O–H groups in total. The minimum atomic E-state index is 0.449. The van der Waals surface area contributed by atoms with Gasteiger partial charge < -0.3 is 14.5 Å². The van der Waals surface area contributed by atoms with Crippen LogP contribution in [0.4, 0.5) is 0 Å². The Bertz CT molecular complexity index is 579. The highest BCUT2D eigenvalue weighted by Crippen LogP contribution is 2.20. The molecule has 0 aliphatic rings. The molecule has 0 aliphatic heterocycles. The summed E-state index contributed by atoms with van der Waals surface area (Å²) in [7, 11) is 0. The lowest BCUT2D eigenvalue weighted by molar-refractivity contribution is 0.264. The van der Waals surface area contributed by atoms with E-state index in [0.717, 1.165) is 23.8 Å². The normalized spacial score (nSPS) is 11.1.